The number of fused-ring (bicyclic) bond motifs is 2. The number of methoxy groups -OCH3 is 1. The summed E-state index contributed by atoms with van der Waals surface area (Å²) >= 11 is 6.16. The summed E-state index contributed by atoms with van der Waals surface area (Å²) in [4.78, 5) is 6.77. The molecule has 1 aliphatic heterocycles. The predicted molar refractivity (Wildman–Crippen MR) is 90.1 cm³/mol. The van der Waals surface area contributed by atoms with Crippen LogP contribution in [-0.2, 0) is 10.3 Å². The first-order valence-electron chi connectivity index (χ1n) is 8.30. The highest BCUT2D eigenvalue weighted by Gasteiger charge is 2.54. The van der Waals surface area contributed by atoms with Crippen LogP contribution in [0.25, 0.3) is 0 Å². The lowest BCUT2D eigenvalue weighted by atomic mass is 9.62. The molecule has 2 heterocycles. The van der Waals surface area contributed by atoms with Crippen LogP contribution in [0, 0.1) is 11.8 Å². The molecule has 2 fully saturated rings. The Labute approximate surface area is 139 Å². The standard InChI is InChI=1S/C18H27ClN2O/c1-17(2,3)21-11-14-6-5-7-15(12-21)18(14,22-4)13-8-9-20-16(19)10-13/h8-10,14-15H,5-7,11-12H2,1-4H3/t14-,15+,18?. The van der Waals surface area contributed by atoms with Crippen molar-refractivity contribution in [2.24, 2.45) is 11.8 Å². The van der Waals surface area contributed by atoms with Gasteiger partial charge in [-0.15, -0.1) is 0 Å². The minimum atomic E-state index is -0.202. The molecule has 1 aromatic heterocycles. The lowest BCUT2D eigenvalue weighted by Gasteiger charge is -2.57. The van der Waals surface area contributed by atoms with E-state index in [-0.39, 0.29) is 11.1 Å². The van der Waals surface area contributed by atoms with Gasteiger partial charge in [0.15, 0.2) is 0 Å². The molecular formula is C18H27ClN2O. The average molecular weight is 323 g/mol. The number of piperidine rings is 1. The van der Waals surface area contributed by atoms with Crippen molar-refractivity contribution in [3.63, 3.8) is 0 Å². The highest BCUT2D eigenvalue weighted by atomic mass is 35.5. The number of nitrogens with zero attached hydrogens (tertiary/aromatic N) is 2. The first kappa shape index (κ1) is 16.2. The summed E-state index contributed by atoms with van der Waals surface area (Å²) in [5.41, 5.74) is 1.22. The minimum Gasteiger partial charge on any atom is -0.373 e. The molecule has 4 heteroatoms. The maximum Gasteiger partial charge on any atom is 0.129 e. The first-order valence-corrected chi connectivity index (χ1v) is 8.68. The Balaban J connectivity index is 2.01. The molecule has 1 saturated heterocycles. The Morgan fingerprint density at radius 1 is 1.27 bits per heavy atom. The molecule has 1 aliphatic carbocycles. The quantitative estimate of drug-likeness (QED) is 0.766. The van der Waals surface area contributed by atoms with E-state index in [0.717, 1.165) is 13.1 Å². The van der Waals surface area contributed by atoms with E-state index in [1.165, 1.54) is 24.8 Å². The van der Waals surface area contributed by atoms with Gasteiger partial charge in [0.2, 0.25) is 0 Å². The highest BCUT2D eigenvalue weighted by Crippen LogP contribution is 2.52. The van der Waals surface area contributed by atoms with Crippen molar-refractivity contribution in [2.75, 3.05) is 20.2 Å². The van der Waals surface area contributed by atoms with Crippen molar-refractivity contribution in [1.29, 1.82) is 0 Å². The van der Waals surface area contributed by atoms with Gasteiger partial charge in [0.1, 0.15) is 10.8 Å². The van der Waals surface area contributed by atoms with Crippen LogP contribution in [0.5, 0.6) is 0 Å². The van der Waals surface area contributed by atoms with E-state index in [0.29, 0.717) is 17.0 Å². The summed E-state index contributed by atoms with van der Waals surface area (Å²) in [6.45, 7) is 9.12. The van der Waals surface area contributed by atoms with Crippen LogP contribution in [0.3, 0.4) is 0 Å². The second-order valence-corrected chi connectivity index (χ2v) is 8.15. The van der Waals surface area contributed by atoms with E-state index in [1.807, 2.05) is 19.4 Å². The zero-order chi connectivity index (χ0) is 16.0. The van der Waals surface area contributed by atoms with Crippen molar-refractivity contribution < 1.29 is 4.74 Å². The zero-order valence-electron chi connectivity index (χ0n) is 14.1. The second kappa shape index (κ2) is 5.77. The summed E-state index contributed by atoms with van der Waals surface area (Å²) in [7, 11) is 1.87. The number of halogens is 1. The molecule has 1 saturated carbocycles. The Kier molecular flexibility index (Phi) is 4.26. The van der Waals surface area contributed by atoms with Gasteiger partial charge < -0.3 is 4.74 Å². The normalized spacial score (nSPS) is 33.0. The Morgan fingerprint density at radius 3 is 2.41 bits per heavy atom. The van der Waals surface area contributed by atoms with Crippen LogP contribution in [0.1, 0.15) is 45.6 Å². The van der Waals surface area contributed by atoms with E-state index >= 15 is 0 Å². The van der Waals surface area contributed by atoms with E-state index in [9.17, 15) is 0 Å². The van der Waals surface area contributed by atoms with Crippen molar-refractivity contribution in [1.82, 2.24) is 9.88 Å². The van der Waals surface area contributed by atoms with Crippen LogP contribution in [0.4, 0.5) is 0 Å². The molecule has 0 radical (unpaired) electrons. The first-order chi connectivity index (χ1) is 10.4. The van der Waals surface area contributed by atoms with Crippen molar-refractivity contribution in [2.45, 2.75) is 51.2 Å². The molecule has 1 unspecified atom stereocenters. The van der Waals surface area contributed by atoms with Crippen molar-refractivity contribution >= 4 is 11.6 Å². The molecule has 3 nitrogen and oxygen atoms in total. The van der Waals surface area contributed by atoms with Gasteiger partial charge >= 0.3 is 0 Å². The fourth-order valence-corrected chi connectivity index (χ4v) is 4.72. The number of aromatic nitrogens is 1. The van der Waals surface area contributed by atoms with Crippen molar-refractivity contribution in [3.05, 3.63) is 29.0 Å². The lowest BCUT2D eigenvalue weighted by Crippen LogP contribution is -2.62. The van der Waals surface area contributed by atoms with Crippen LogP contribution < -0.4 is 0 Å². The van der Waals surface area contributed by atoms with Gasteiger partial charge in [-0.2, -0.15) is 0 Å². The zero-order valence-corrected chi connectivity index (χ0v) is 14.9. The van der Waals surface area contributed by atoms with Crippen molar-refractivity contribution in [3.8, 4) is 0 Å². The van der Waals surface area contributed by atoms with Gasteiger partial charge in [-0.1, -0.05) is 18.0 Å². The van der Waals surface area contributed by atoms with Gasteiger partial charge in [-0.3, -0.25) is 4.90 Å². The summed E-state index contributed by atoms with van der Waals surface area (Å²) in [5.74, 6) is 1.03. The fraction of sp³-hybridized carbons (Fsp3) is 0.722. The van der Waals surface area contributed by atoms with Crippen LogP contribution in [0.15, 0.2) is 18.3 Å². The third-order valence-electron chi connectivity index (χ3n) is 5.66. The highest BCUT2D eigenvalue weighted by molar-refractivity contribution is 6.29. The molecule has 2 aliphatic rings. The van der Waals surface area contributed by atoms with E-state index in [2.05, 4.69) is 36.7 Å². The number of hydrogen-bond donors (Lipinski definition) is 0. The molecule has 0 aromatic carbocycles. The third-order valence-corrected chi connectivity index (χ3v) is 5.87. The van der Waals surface area contributed by atoms with Crippen LogP contribution in [-0.4, -0.2) is 35.6 Å². The number of rotatable bonds is 2. The average Bonchev–Trinajstić information content (AvgIpc) is 2.44. The molecule has 0 N–H and O–H groups in total. The molecule has 122 valence electrons. The predicted octanol–water partition coefficient (Wildman–Crippen LogP) is 4.11. The molecule has 1 aromatic rings. The van der Waals surface area contributed by atoms with E-state index < -0.39 is 0 Å². The third kappa shape index (κ3) is 2.57. The van der Waals surface area contributed by atoms with Crippen LogP contribution >= 0.6 is 11.6 Å². The van der Waals surface area contributed by atoms with Gasteiger partial charge in [-0.25, -0.2) is 4.98 Å². The van der Waals surface area contributed by atoms with Crippen LogP contribution in [0.2, 0.25) is 5.15 Å². The second-order valence-electron chi connectivity index (χ2n) is 7.77. The Bertz CT molecular complexity index is 526. The molecule has 2 bridgehead atoms. The van der Waals surface area contributed by atoms with Gasteiger partial charge in [0.05, 0.1) is 0 Å². The molecule has 0 amide bonds. The van der Waals surface area contributed by atoms with E-state index in [4.69, 9.17) is 16.3 Å². The number of pyridine rings is 1. The number of ether oxygens (including phenoxy) is 1. The molecule has 3 rings (SSSR count). The topological polar surface area (TPSA) is 25.4 Å². The smallest absolute Gasteiger partial charge is 0.129 e. The van der Waals surface area contributed by atoms with Gasteiger partial charge in [0.25, 0.3) is 0 Å². The monoisotopic (exact) mass is 322 g/mol. The molecular weight excluding hydrogens is 296 g/mol. The largest absolute Gasteiger partial charge is 0.373 e. The SMILES string of the molecule is COC1(c2ccnc(Cl)c2)[C@@H]2CCC[C@H]1CN(C(C)(C)C)C2. The summed E-state index contributed by atoms with van der Waals surface area (Å²) in [6.07, 6.45) is 5.55. The maximum atomic E-state index is 6.23. The Hall–Kier alpha value is -0.640. The molecule has 22 heavy (non-hydrogen) atoms. The fourth-order valence-electron chi connectivity index (χ4n) is 4.55. The number of likely N-dealkylation sites (tertiary alicyclic amines) is 1. The van der Waals surface area contributed by atoms with E-state index in [1.54, 1.807) is 0 Å². The summed E-state index contributed by atoms with van der Waals surface area (Å²) in [6, 6.07) is 4.09. The maximum absolute atomic E-state index is 6.23. The molecule has 3 atom stereocenters. The molecule has 0 spiro atoms. The van der Waals surface area contributed by atoms with Gasteiger partial charge in [-0.05, 0) is 51.3 Å². The summed E-state index contributed by atoms with van der Waals surface area (Å²) < 4.78 is 6.23. The summed E-state index contributed by atoms with van der Waals surface area (Å²) in [5, 5.41) is 0.560. The Morgan fingerprint density at radius 2 is 1.91 bits per heavy atom. The minimum absolute atomic E-state index is 0.202. The van der Waals surface area contributed by atoms with Gasteiger partial charge in [0, 0.05) is 43.8 Å². The number of hydrogen-bond acceptors (Lipinski definition) is 3. The lowest BCUT2D eigenvalue weighted by molar-refractivity contribution is -0.179.